The minimum Gasteiger partial charge on any atom is -0.446 e. The highest BCUT2D eigenvalue weighted by atomic mass is 79.9. The van der Waals surface area contributed by atoms with Crippen molar-refractivity contribution in [3.63, 3.8) is 0 Å². The molecule has 118 valence electrons. The Morgan fingerprint density at radius 3 is 2.77 bits per heavy atom. The Morgan fingerprint density at radius 2 is 2.09 bits per heavy atom. The lowest BCUT2D eigenvalue weighted by atomic mass is 10.1. The van der Waals surface area contributed by atoms with E-state index in [0.717, 1.165) is 10.9 Å². The second kappa shape index (κ2) is 6.04. The van der Waals surface area contributed by atoms with E-state index >= 15 is 0 Å². The van der Waals surface area contributed by atoms with Crippen molar-refractivity contribution < 1.29 is 12.8 Å². The van der Waals surface area contributed by atoms with Gasteiger partial charge in [0.15, 0.2) is 0 Å². The lowest BCUT2D eigenvalue weighted by Gasteiger charge is -2.07. The third-order valence-electron chi connectivity index (χ3n) is 3.38. The summed E-state index contributed by atoms with van der Waals surface area (Å²) in [6.07, 6.45) is 0.839. The molecule has 0 radical (unpaired) electrons. The van der Waals surface area contributed by atoms with Crippen molar-refractivity contribution in [2.45, 2.75) is 30.5 Å². The van der Waals surface area contributed by atoms with Gasteiger partial charge in [-0.15, -0.1) is 0 Å². The normalized spacial score (nSPS) is 21.9. The molecule has 3 rings (SSSR count). The van der Waals surface area contributed by atoms with Crippen molar-refractivity contribution in [1.82, 2.24) is 10.9 Å². The highest BCUT2D eigenvalue weighted by Crippen LogP contribution is 2.27. The molecule has 2 aromatic rings. The van der Waals surface area contributed by atoms with Crippen LogP contribution in [0.1, 0.15) is 25.1 Å². The molecule has 0 saturated carbocycles. The molecule has 2 heterocycles. The van der Waals surface area contributed by atoms with Crippen molar-refractivity contribution in [2.24, 2.45) is 0 Å². The van der Waals surface area contributed by atoms with E-state index in [2.05, 4.69) is 31.5 Å². The molecule has 3 N–H and O–H groups in total. The van der Waals surface area contributed by atoms with Gasteiger partial charge in [-0.3, -0.25) is 10.1 Å². The summed E-state index contributed by atoms with van der Waals surface area (Å²) in [6.45, 7) is 2.04. The average Bonchev–Trinajstić information content (AvgIpc) is 3.06. The summed E-state index contributed by atoms with van der Waals surface area (Å²) < 4.78 is 33.5. The number of hydrogen-bond acceptors (Lipinski definition) is 5. The molecule has 1 saturated heterocycles. The Kier molecular flexibility index (Phi) is 4.26. The summed E-state index contributed by atoms with van der Waals surface area (Å²) in [6, 6.07) is 10.4. The van der Waals surface area contributed by atoms with Crippen molar-refractivity contribution in [3.8, 4) is 0 Å². The zero-order valence-electron chi connectivity index (χ0n) is 11.8. The molecule has 2 unspecified atom stereocenters. The quantitative estimate of drug-likeness (QED) is 0.753. The maximum absolute atomic E-state index is 12.3. The van der Waals surface area contributed by atoms with E-state index in [0.29, 0.717) is 17.5 Å². The topological polar surface area (TPSA) is 83.4 Å². The number of anilines is 1. The van der Waals surface area contributed by atoms with Crippen LogP contribution < -0.4 is 15.6 Å². The van der Waals surface area contributed by atoms with E-state index in [-0.39, 0.29) is 11.1 Å². The molecule has 1 aromatic carbocycles. The molecule has 1 aromatic heterocycles. The second-order valence-corrected chi connectivity index (χ2v) is 7.78. The van der Waals surface area contributed by atoms with Gasteiger partial charge in [0.05, 0.1) is 11.7 Å². The van der Waals surface area contributed by atoms with Gasteiger partial charge in [0.2, 0.25) is 5.09 Å². The monoisotopic (exact) mass is 385 g/mol. The predicted molar refractivity (Wildman–Crippen MR) is 86.7 cm³/mol. The number of furan rings is 1. The Balaban J connectivity index is 1.79. The fourth-order valence-electron chi connectivity index (χ4n) is 2.33. The van der Waals surface area contributed by atoms with Crippen LogP contribution in [-0.4, -0.2) is 14.5 Å². The van der Waals surface area contributed by atoms with E-state index in [9.17, 15) is 8.42 Å². The molecule has 1 fully saturated rings. The highest BCUT2D eigenvalue weighted by Gasteiger charge is 2.27. The number of sulfonamides is 1. The molecule has 1 aliphatic heterocycles. The average molecular weight is 386 g/mol. The lowest BCUT2D eigenvalue weighted by molar-refractivity contribution is 0.374. The lowest BCUT2D eigenvalue weighted by Crippen LogP contribution is -2.28. The van der Waals surface area contributed by atoms with Crippen molar-refractivity contribution in [3.05, 3.63) is 46.6 Å². The van der Waals surface area contributed by atoms with Crippen LogP contribution in [0, 0.1) is 0 Å². The molecule has 0 bridgehead atoms. The standard InChI is InChI=1S/C14H16BrN3O3S/c1-9-7-12(17-16-9)13-5-6-14(21-13)22(19,20)18-11-4-2-3-10(15)8-11/h2-6,8-9,12,16-18H,7H2,1H3. The highest BCUT2D eigenvalue weighted by molar-refractivity contribution is 9.10. The van der Waals surface area contributed by atoms with Crippen molar-refractivity contribution in [2.75, 3.05) is 4.72 Å². The van der Waals surface area contributed by atoms with E-state index < -0.39 is 10.0 Å². The van der Waals surface area contributed by atoms with Crippen LogP contribution in [0.3, 0.4) is 0 Å². The van der Waals surface area contributed by atoms with Crippen LogP contribution in [0.2, 0.25) is 0 Å². The van der Waals surface area contributed by atoms with E-state index in [1.165, 1.54) is 6.07 Å². The zero-order valence-corrected chi connectivity index (χ0v) is 14.2. The molecule has 8 heteroatoms. The van der Waals surface area contributed by atoms with Gasteiger partial charge < -0.3 is 4.42 Å². The smallest absolute Gasteiger partial charge is 0.295 e. The summed E-state index contributed by atoms with van der Waals surface area (Å²) in [4.78, 5) is 0. The van der Waals surface area contributed by atoms with Gasteiger partial charge in [0, 0.05) is 10.5 Å². The minimum absolute atomic E-state index is 0.0233. The van der Waals surface area contributed by atoms with E-state index in [4.69, 9.17) is 4.42 Å². The van der Waals surface area contributed by atoms with Gasteiger partial charge in [-0.1, -0.05) is 22.0 Å². The van der Waals surface area contributed by atoms with Gasteiger partial charge in [0.25, 0.3) is 10.0 Å². The van der Waals surface area contributed by atoms with Crippen LogP contribution in [-0.2, 0) is 10.0 Å². The molecule has 0 spiro atoms. The molecular weight excluding hydrogens is 370 g/mol. The van der Waals surface area contributed by atoms with E-state index in [1.807, 2.05) is 13.0 Å². The third kappa shape index (κ3) is 3.35. The van der Waals surface area contributed by atoms with Crippen LogP contribution >= 0.6 is 15.9 Å². The summed E-state index contributed by atoms with van der Waals surface area (Å²) in [5, 5.41) is -0.0937. The van der Waals surface area contributed by atoms with E-state index in [1.54, 1.807) is 24.3 Å². The Morgan fingerprint density at radius 1 is 1.27 bits per heavy atom. The van der Waals surface area contributed by atoms with Crippen LogP contribution in [0.4, 0.5) is 5.69 Å². The number of halogens is 1. The van der Waals surface area contributed by atoms with Crippen molar-refractivity contribution in [1.29, 1.82) is 0 Å². The molecular formula is C14H16BrN3O3S. The van der Waals surface area contributed by atoms with Gasteiger partial charge in [-0.05, 0) is 43.7 Å². The minimum atomic E-state index is -3.74. The first-order valence-corrected chi connectivity index (χ1v) is 9.11. The molecule has 2 atom stereocenters. The Hall–Kier alpha value is -1.35. The van der Waals surface area contributed by atoms with Crippen molar-refractivity contribution >= 4 is 31.6 Å². The number of hydrazine groups is 1. The van der Waals surface area contributed by atoms with Gasteiger partial charge in [0.1, 0.15) is 5.76 Å². The molecule has 0 aliphatic carbocycles. The first-order valence-electron chi connectivity index (χ1n) is 6.83. The summed E-state index contributed by atoms with van der Waals surface area (Å²) in [5.41, 5.74) is 6.63. The Labute approximate surface area is 137 Å². The summed E-state index contributed by atoms with van der Waals surface area (Å²) >= 11 is 3.31. The second-order valence-electron chi connectivity index (χ2n) is 5.25. The Bertz CT molecular complexity index is 775. The third-order valence-corrected chi connectivity index (χ3v) is 5.13. The SMILES string of the molecule is CC1CC(c2ccc(S(=O)(=O)Nc3cccc(Br)c3)o2)NN1. The molecule has 1 aliphatic rings. The molecule has 22 heavy (non-hydrogen) atoms. The maximum Gasteiger partial charge on any atom is 0.295 e. The number of hydrogen-bond donors (Lipinski definition) is 3. The fraction of sp³-hybridized carbons (Fsp3) is 0.286. The fourth-order valence-corrected chi connectivity index (χ4v) is 3.72. The van der Waals surface area contributed by atoms with Crippen LogP contribution in [0.15, 0.2) is 50.4 Å². The van der Waals surface area contributed by atoms with Gasteiger partial charge in [-0.25, -0.2) is 5.43 Å². The summed E-state index contributed by atoms with van der Waals surface area (Å²) in [7, 11) is -3.74. The first kappa shape index (κ1) is 15.5. The number of nitrogens with one attached hydrogen (secondary N) is 3. The van der Waals surface area contributed by atoms with Crippen LogP contribution in [0.25, 0.3) is 0 Å². The summed E-state index contributed by atoms with van der Waals surface area (Å²) in [5.74, 6) is 0.603. The number of benzene rings is 1. The molecule has 0 amide bonds. The predicted octanol–water partition coefficient (Wildman–Crippen LogP) is 2.77. The number of rotatable bonds is 4. The largest absolute Gasteiger partial charge is 0.446 e. The zero-order chi connectivity index (χ0) is 15.7. The van der Waals surface area contributed by atoms with Crippen LogP contribution in [0.5, 0.6) is 0 Å². The molecule has 6 nitrogen and oxygen atoms in total. The first-order chi connectivity index (χ1) is 10.4. The van der Waals surface area contributed by atoms with Gasteiger partial charge >= 0.3 is 0 Å². The maximum atomic E-state index is 12.3. The van der Waals surface area contributed by atoms with Gasteiger partial charge in [-0.2, -0.15) is 8.42 Å².